The molecule has 13 heavy (non-hydrogen) atoms. The van der Waals surface area contributed by atoms with E-state index in [1.54, 1.807) is 18.9 Å². The van der Waals surface area contributed by atoms with E-state index in [1.807, 2.05) is 25.1 Å². The molecule has 0 saturated carbocycles. The molecule has 0 aromatic heterocycles. The van der Waals surface area contributed by atoms with Gasteiger partial charge in [0.15, 0.2) is 5.78 Å². The fraction of sp³-hybridized carbons (Fsp3) is 0.300. The lowest BCUT2D eigenvalue weighted by Crippen LogP contribution is -2.05. The van der Waals surface area contributed by atoms with Crippen molar-refractivity contribution in [2.75, 3.05) is 7.11 Å². The SMILES string of the molecule is COc1ccc2c(c1)C(=O)C(C)S2. The summed E-state index contributed by atoms with van der Waals surface area (Å²) in [6, 6.07) is 5.64. The molecular formula is C10H10O2S. The summed E-state index contributed by atoms with van der Waals surface area (Å²) in [6.07, 6.45) is 0. The first-order valence-corrected chi connectivity index (χ1v) is 4.99. The van der Waals surface area contributed by atoms with E-state index in [9.17, 15) is 4.79 Å². The van der Waals surface area contributed by atoms with Gasteiger partial charge in [-0.2, -0.15) is 0 Å². The van der Waals surface area contributed by atoms with E-state index in [0.717, 1.165) is 16.2 Å². The van der Waals surface area contributed by atoms with Crippen molar-refractivity contribution in [1.82, 2.24) is 0 Å². The molecule has 0 aliphatic carbocycles. The Labute approximate surface area is 81.3 Å². The summed E-state index contributed by atoms with van der Waals surface area (Å²) in [5.41, 5.74) is 0.803. The number of hydrogen-bond donors (Lipinski definition) is 0. The lowest BCUT2D eigenvalue weighted by atomic mass is 10.1. The number of rotatable bonds is 1. The highest BCUT2D eigenvalue weighted by Crippen LogP contribution is 2.38. The van der Waals surface area contributed by atoms with Crippen LogP contribution in [0.2, 0.25) is 0 Å². The summed E-state index contributed by atoms with van der Waals surface area (Å²) < 4.78 is 5.06. The number of Topliss-reactive ketones (excluding diaryl/α,β-unsaturated/α-hetero) is 1. The van der Waals surface area contributed by atoms with Crippen molar-refractivity contribution in [3.05, 3.63) is 23.8 Å². The lowest BCUT2D eigenvalue weighted by Gasteiger charge is -2.00. The van der Waals surface area contributed by atoms with Crippen LogP contribution in [0.3, 0.4) is 0 Å². The van der Waals surface area contributed by atoms with E-state index in [1.165, 1.54) is 0 Å². The van der Waals surface area contributed by atoms with Crippen LogP contribution in [0.1, 0.15) is 17.3 Å². The van der Waals surface area contributed by atoms with Crippen LogP contribution in [-0.4, -0.2) is 18.1 Å². The maximum Gasteiger partial charge on any atom is 0.177 e. The van der Waals surface area contributed by atoms with Gasteiger partial charge in [-0.3, -0.25) is 4.79 Å². The van der Waals surface area contributed by atoms with E-state index >= 15 is 0 Å². The predicted molar refractivity (Wildman–Crippen MR) is 52.6 cm³/mol. The molecule has 1 aromatic carbocycles. The summed E-state index contributed by atoms with van der Waals surface area (Å²) in [5.74, 6) is 0.959. The quantitative estimate of drug-likeness (QED) is 0.686. The van der Waals surface area contributed by atoms with Crippen molar-refractivity contribution < 1.29 is 9.53 Å². The van der Waals surface area contributed by atoms with Gasteiger partial charge in [-0.1, -0.05) is 0 Å². The van der Waals surface area contributed by atoms with Gasteiger partial charge in [0.25, 0.3) is 0 Å². The fourth-order valence-electron chi connectivity index (χ4n) is 1.39. The Balaban J connectivity index is 2.48. The molecule has 2 rings (SSSR count). The first-order valence-electron chi connectivity index (χ1n) is 4.11. The van der Waals surface area contributed by atoms with Crippen molar-refractivity contribution in [3.63, 3.8) is 0 Å². The Morgan fingerprint density at radius 3 is 2.92 bits per heavy atom. The highest BCUT2D eigenvalue weighted by Gasteiger charge is 2.27. The van der Waals surface area contributed by atoms with Crippen LogP contribution in [-0.2, 0) is 0 Å². The van der Waals surface area contributed by atoms with E-state index in [-0.39, 0.29) is 11.0 Å². The third-order valence-electron chi connectivity index (χ3n) is 2.13. The normalized spacial score (nSPS) is 20.2. The largest absolute Gasteiger partial charge is 0.497 e. The van der Waals surface area contributed by atoms with Gasteiger partial charge in [0, 0.05) is 10.5 Å². The smallest absolute Gasteiger partial charge is 0.177 e. The lowest BCUT2D eigenvalue weighted by molar-refractivity contribution is 0.0995. The number of hydrogen-bond acceptors (Lipinski definition) is 3. The first-order chi connectivity index (χ1) is 6.22. The van der Waals surface area contributed by atoms with Crippen molar-refractivity contribution in [2.45, 2.75) is 17.1 Å². The number of fused-ring (bicyclic) bond motifs is 1. The number of methoxy groups -OCH3 is 1. The number of ether oxygens (including phenoxy) is 1. The minimum Gasteiger partial charge on any atom is -0.497 e. The molecule has 1 heterocycles. The van der Waals surface area contributed by atoms with Gasteiger partial charge < -0.3 is 4.74 Å². The van der Waals surface area contributed by atoms with Gasteiger partial charge in [0.2, 0.25) is 0 Å². The third-order valence-corrected chi connectivity index (χ3v) is 3.30. The average Bonchev–Trinajstić information content (AvgIpc) is 2.43. The topological polar surface area (TPSA) is 26.3 Å². The van der Waals surface area contributed by atoms with Gasteiger partial charge in [0.05, 0.1) is 12.4 Å². The summed E-state index contributed by atoms with van der Waals surface area (Å²) in [5, 5.41) is 0.0575. The molecule has 1 unspecified atom stereocenters. The highest BCUT2D eigenvalue weighted by atomic mass is 32.2. The van der Waals surface area contributed by atoms with Crippen LogP contribution in [0.15, 0.2) is 23.1 Å². The predicted octanol–water partition coefficient (Wildman–Crippen LogP) is 2.37. The van der Waals surface area contributed by atoms with Gasteiger partial charge in [0.1, 0.15) is 5.75 Å². The minimum atomic E-state index is 0.0575. The van der Waals surface area contributed by atoms with Crippen molar-refractivity contribution >= 4 is 17.5 Å². The fourth-order valence-corrected chi connectivity index (χ4v) is 2.44. The van der Waals surface area contributed by atoms with Crippen LogP contribution in [0, 0.1) is 0 Å². The molecule has 1 aliphatic rings. The molecule has 1 aliphatic heterocycles. The van der Waals surface area contributed by atoms with Gasteiger partial charge in [-0.25, -0.2) is 0 Å². The number of carbonyl (C=O) groups is 1. The molecule has 1 atom stereocenters. The summed E-state index contributed by atoms with van der Waals surface area (Å²) in [7, 11) is 1.61. The molecule has 0 spiro atoms. The Bertz CT molecular complexity index is 360. The summed E-state index contributed by atoms with van der Waals surface area (Å²) in [4.78, 5) is 12.7. The summed E-state index contributed by atoms with van der Waals surface area (Å²) >= 11 is 1.61. The van der Waals surface area contributed by atoms with Gasteiger partial charge in [-0.05, 0) is 25.1 Å². The first kappa shape index (κ1) is 8.63. The molecule has 0 bridgehead atoms. The second-order valence-electron chi connectivity index (χ2n) is 2.99. The van der Waals surface area contributed by atoms with E-state index in [0.29, 0.717) is 0 Å². The van der Waals surface area contributed by atoms with Crippen LogP contribution >= 0.6 is 11.8 Å². The highest BCUT2D eigenvalue weighted by molar-refractivity contribution is 8.01. The maximum atomic E-state index is 11.6. The second kappa shape index (κ2) is 3.07. The average molecular weight is 194 g/mol. The molecule has 0 saturated heterocycles. The molecule has 0 N–H and O–H groups in total. The zero-order chi connectivity index (χ0) is 9.42. The maximum absolute atomic E-state index is 11.6. The number of carbonyl (C=O) groups excluding carboxylic acids is 1. The molecule has 1 aromatic rings. The zero-order valence-electron chi connectivity index (χ0n) is 7.53. The van der Waals surface area contributed by atoms with Crippen LogP contribution in [0.5, 0.6) is 5.75 Å². The number of benzene rings is 1. The molecule has 2 nitrogen and oxygen atoms in total. The Hall–Kier alpha value is -0.960. The van der Waals surface area contributed by atoms with Crippen LogP contribution < -0.4 is 4.74 Å². The molecule has 68 valence electrons. The van der Waals surface area contributed by atoms with Crippen molar-refractivity contribution in [3.8, 4) is 5.75 Å². The Kier molecular flexibility index (Phi) is 2.04. The second-order valence-corrected chi connectivity index (χ2v) is 4.37. The Morgan fingerprint density at radius 2 is 2.23 bits per heavy atom. The molecular weight excluding hydrogens is 184 g/mol. The minimum absolute atomic E-state index is 0.0575. The van der Waals surface area contributed by atoms with E-state index in [4.69, 9.17) is 4.74 Å². The van der Waals surface area contributed by atoms with Crippen molar-refractivity contribution in [1.29, 1.82) is 0 Å². The van der Waals surface area contributed by atoms with E-state index in [2.05, 4.69) is 0 Å². The van der Waals surface area contributed by atoms with Gasteiger partial charge in [-0.15, -0.1) is 11.8 Å². The van der Waals surface area contributed by atoms with E-state index < -0.39 is 0 Å². The van der Waals surface area contributed by atoms with Crippen LogP contribution in [0.4, 0.5) is 0 Å². The monoisotopic (exact) mass is 194 g/mol. The Morgan fingerprint density at radius 1 is 1.46 bits per heavy atom. The summed E-state index contributed by atoms with van der Waals surface area (Å²) in [6.45, 7) is 1.93. The van der Waals surface area contributed by atoms with Gasteiger partial charge >= 0.3 is 0 Å². The molecule has 0 amide bonds. The molecule has 0 radical (unpaired) electrons. The standard InChI is InChI=1S/C10H10O2S/c1-6-10(11)8-5-7(12-2)3-4-9(8)13-6/h3-6H,1-2H3. The van der Waals surface area contributed by atoms with Crippen molar-refractivity contribution in [2.24, 2.45) is 0 Å². The third kappa shape index (κ3) is 1.33. The molecule has 0 fully saturated rings. The number of ketones is 1. The molecule has 3 heteroatoms. The van der Waals surface area contributed by atoms with Crippen LogP contribution in [0.25, 0.3) is 0 Å². The zero-order valence-corrected chi connectivity index (χ0v) is 8.35. The number of thioether (sulfide) groups is 1.